The fraction of sp³-hybridized carbons (Fsp3) is 0. The third-order valence-corrected chi connectivity index (χ3v) is 10.6. The molecule has 0 bridgehead atoms. The summed E-state index contributed by atoms with van der Waals surface area (Å²) < 4.78 is 0. The molecule has 11 rings (SSSR count). The summed E-state index contributed by atoms with van der Waals surface area (Å²) in [4.78, 5) is 10.1. The Hall–Kier alpha value is -6.64. The summed E-state index contributed by atoms with van der Waals surface area (Å²) in [6, 6.07) is 59.6. The normalized spacial score (nSPS) is 12.0. The van der Waals surface area contributed by atoms with Gasteiger partial charge < -0.3 is 0 Å². The van der Waals surface area contributed by atoms with Crippen molar-refractivity contribution in [2.45, 2.75) is 0 Å². The second-order valence-corrected chi connectivity index (χ2v) is 13.3. The lowest BCUT2D eigenvalue weighted by Crippen LogP contribution is -1.94. The van der Waals surface area contributed by atoms with E-state index in [4.69, 9.17) is 9.97 Å². The van der Waals surface area contributed by atoms with E-state index in [1.54, 1.807) is 0 Å². The second-order valence-electron chi connectivity index (χ2n) is 13.3. The minimum absolute atomic E-state index is 0.740. The molecule has 10 aromatic rings. The van der Waals surface area contributed by atoms with Crippen LogP contribution in [0, 0.1) is 0 Å². The van der Waals surface area contributed by atoms with Gasteiger partial charge in [0.05, 0.1) is 5.69 Å². The maximum absolute atomic E-state index is 5.21. The van der Waals surface area contributed by atoms with Crippen LogP contribution in [-0.2, 0) is 0 Å². The van der Waals surface area contributed by atoms with Crippen LogP contribution in [0.2, 0.25) is 0 Å². The van der Waals surface area contributed by atoms with E-state index >= 15 is 0 Å². The fourth-order valence-corrected chi connectivity index (χ4v) is 8.35. The molecule has 0 radical (unpaired) electrons. The van der Waals surface area contributed by atoms with Crippen molar-refractivity contribution in [1.82, 2.24) is 9.97 Å². The van der Waals surface area contributed by atoms with Gasteiger partial charge in [-0.25, -0.2) is 9.97 Å². The first kappa shape index (κ1) is 27.3. The third-order valence-electron chi connectivity index (χ3n) is 10.6. The van der Waals surface area contributed by atoms with Crippen LogP contribution in [0.5, 0.6) is 0 Å². The van der Waals surface area contributed by atoms with Gasteiger partial charge in [-0.05, 0) is 106 Å². The zero-order chi connectivity index (χ0) is 32.8. The molecule has 0 unspecified atom stereocenters. The van der Waals surface area contributed by atoms with Gasteiger partial charge in [0.15, 0.2) is 5.82 Å². The molecule has 1 aliphatic rings. The number of hydrogen-bond donors (Lipinski definition) is 0. The lowest BCUT2D eigenvalue weighted by molar-refractivity contribution is 1.19. The van der Waals surface area contributed by atoms with Crippen molar-refractivity contribution >= 4 is 53.9 Å². The van der Waals surface area contributed by atoms with Gasteiger partial charge in [-0.1, -0.05) is 140 Å². The monoisotopic (exact) mass is 632 g/mol. The summed E-state index contributed by atoms with van der Waals surface area (Å²) in [5, 5.41) is 12.5. The number of nitrogens with zero attached hydrogens (tertiary/aromatic N) is 2. The molecule has 0 fully saturated rings. The Balaban J connectivity index is 1.10. The highest BCUT2D eigenvalue weighted by molar-refractivity contribution is 6.22. The van der Waals surface area contributed by atoms with Crippen LogP contribution in [0.25, 0.3) is 110 Å². The average Bonchev–Trinajstić information content (AvgIpc) is 3.50. The Labute approximate surface area is 289 Å². The minimum atomic E-state index is 0.740. The Kier molecular flexibility index (Phi) is 5.70. The van der Waals surface area contributed by atoms with E-state index < -0.39 is 0 Å². The molecule has 230 valence electrons. The van der Waals surface area contributed by atoms with Crippen molar-refractivity contribution in [2.24, 2.45) is 0 Å². The summed E-state index contributed by atoms with van der Waals surface area (Å²) in [6.07, 6.45) is 2.01. The predicted octanol–water partition coefficient (Wildman–Crippen LogP) is 12.9. The van der Waals surface area contributed by atoms with Crippen LogP contribution < -0.4 is 0 Å². The zero-order valence-corrected chi connectivity index (χ0v) is 27.1. The molecule has 2 nitrogen and oxygen atoms in total. The maximum Gasteiger partial charge on any atom is 0.159 e. The van der Waals surface area contributed by atoms with Gasteiger partial charge in [0.1, 0.15) is 0 Å². The number of benzene rings is 9. The third kappa shape index (κ3) is 3.96. The molecule has 0 saturated heterocycles. The molecule has 1 heterocycles. The second kappa shape index (κ2) is 10.4. The molecule has 0 N–H and O–H groups in total. The first-order valence-corrected chi connectivity index (χ1v) is 17.2. The standard InChI is InChI=1S/C48H28N2/c1-2-11-31-25-36-27-34(23-22-32(36)24-30(31)10-1)46-39-18-5-3-16-37(39)45(38-17-4-6-19-40(38)46)33-14-7-15-35(26-33)48-49-28-43-41-20-8-12-29-13-9-21-42(44(29)41)47(43)50-48/h1-28H. The molecule has 0 amide bonds. The van der Waals surface area contributed by atoms with Gasteiger partial charge in [-0.15, -0.1) is 0 Å². The van der Waals surface area contributed by atoms with E-state index in [9.17, 15) is 0 Å². The van der Waals surface area contributed by atoms with E-state index in [1.807, 2.05) is 6.20 Å². The van der Waals surface area contributed by atoms with Crippen molar-refractivity contribution in [2.75, 3.05) is 0 Å². The van der Waals surface area contributed by atoms with E-state index in [1.165, 1.54) is 81.7 Å². The Morgan fingerprint density at radius 3 is 1.58 bits per heavy atom. The lowest BCUT2D eigenvalue weighted by atomic mass is 9.85. The summed E-state index contributed by atoms with van der Waals surface area (Å²) in [7, 11) is 0. The van der Waals surface area contributed by atoms with E-state index in [2.05, 4.69) is 164 Å². The van der Waals surface area contributed by atoms with Gasteiger partial charge in [0.25, 0.3) is 0 Å². The highest BCUT2D eigenvalue weighted by Crippen LogP contribution is 2.47. The molecule has 0 aliphatic heterocycles. The van der Waals surface area contributed by atoms with E-state index in [0.29, 0.717) is 0 Å². The quantitative estimate of drug-likeness (QED) is 0.181. The predicted molar refractivity (Wildman–Crippen MR) is 210 cm³/mol. The molecule has 0 atom stereocenters. The van der Waals surface area contributed by atoms with Crippen LogP contribution in [0.4, 0.5) is 0 Å². The van der Waals surface area contributed by atoms with Crippen molar-refractivity contribution in [1.29, 1.82) is 0 Å². The highest BCUT2D eigenvalue weighted by Gasteiger charge is 2.24. The van der Waals surface area contributed by atoms with Gasteiger partial charge in [0.2, 0.25) is 0 Å². The number of rotatable bonds is 3. The van der Waals surface area contributed by atoms with Crippen molar-refractivity contribution in [3.05, 3.63) is 170 Å². The summed E-state index contributed by atoms with van der Waals surface area (Å²) in [5.74, 6) is 0.740. The van der Waals surface area contributed by atoms with Gasteiger partial charge >= 0.3 is 0 Å². The van der Waals surface area contributed by atoms with Gasteiger partial charge in [-0.3, -0.25) is 0 Å². The lowest BCUT2D eigenvalue weighted by Gasteiger charge is -2.18. The van der Waals surface area contributed by atoms with Gasteiger partial charge in [0, 0.05) is 22.9 Å². The van der Waals surface area contributed by atoms with Crippen LogP contribution in [0.15, 0.2) is 170 Å². The molecule has 2 heteroatoms. The molecular weight excluding hydrogens is 605 g/mol. The minimum Gasteiger partial charge on any atom is -0.236 e. The Bertz CT molecular complexity index is 2980. The molecule has 1 aromatic heterocycles. The smallest absolute Gasteiger partial charge is 0.159 e. The maximum atomic E-state index is 5.21. The largest absolute Gasteiger partial charge is 0.236 e. The molecule has 1 aliphatic carbocycles. The van der Waals surface area contributed by atoms with Crippen molar-refractivity contribution < 1.29 is 0 Å². The van der Waals surface area contributed by atoms with Crippen molar-refractivity contribution in [3.8, 4) is 56.0 Å². The van der Waals surface area contributed by atoms with Crippen LogP contribution in [0.3, 0.4) is 0 Å². The number of aromatic nitrogens is 2. The molecule has 0 spiro atoms. The van der Waals surface area contributed by atoms with Crippen molar-refractivity contribution in [3.63, 3.8) is 0 Å². The number of fused-ring (bicyclic) bond motifs is 7. The Morgan fingerprint density at radius 2 is 0.880 bits per heavy atom. The SMILES string of the molecule is c1cc(-c2ncc3c(n2)-c2cccc4cccc-3c24)cc(-c2c3ccccc3c(-c3ccc4cc5ccccc5cc4c3)c3ccccc23)c1. The topological polar surface area (TPSA) is 25.8 Å². The van der Waals surface area contributed by atoms with E-state index in [0.717, 1.165) is 28.2 Å². The summed E-state index contributed by atoms with van der Waals surface area (Å²) >= 11 is 0. The number of hydrogen-bond acceptors (Lipinski definition) is 2. The molecule has 0 saturated carbocycles. The van der Waals surface area contributed by atoms with Crippen LogP contribution in [0.1, 0.15) is 0 Å². The highest BCUT2D eigenvalue weighted by atomic mass is 14.9. The Morgan fingerprint density at radius 1 is 0.340 bits per heavy atom. The first-order valence-electron chi connectivity index (χ1n) is 17.2. The molecule has 50 heavy (non-hydrogen) atoms. The first-order chi connectivity index (χ1) is 24.8. The fourth-order valence-electron chi connectivity index (χ4n) is 8.35. The van der Waals surface area contributed by atoms with E-state index in [-0.39, 0.29) is 0 Å². The zero-order valence-electron chi connectivity index (χ0n) is 27.1. The molecular formula is C48H28N2. The summed E-state index contributed by atoms with van der Waals surface area (Å²) in [6.45, 7) is 0. The molecule has 9 aromatic carbocycles. The average molecular weight is 633 g/mol. The van der Waals surface area contributed by atoms with Crippen LogP contribution in [-0.4, -0.2) is 9.97 Å². The van der Waals surface area contributed by atoms with Crippen LogP contribution >= 0.6 is 0 Å². The summed E-state index contributed by atoms with van der Waals surface area (Å²) in [5.41, 5.74) is 10.4. The van der Waals surface area contributed by atoms with Gasteiger partial charge in [-0.2, -0.15) is 0 Å².